The first kappa shape index (κ1) is 14.4. The Morgan fingerprint density at radius 2 is 2.00 bits per heavy atom. The van der Waals surface area contributed by atoms with Crippen LogP contribution >= 0.6 is 0 Å². The Bertz CT molecular complexity index is 544. The number of aldehydes is 1. The highest BCUT2D eigenvalue weighted by molar-refractivity contribution is 5.77. The third-order valence-corrected chi connectivity index (χ3v) is 4.39. The van der Waals surface area contributed by atoms with Crippen molar-refractivity contribution in [3.63, 3.8) is 0 Å². The molecule has 0 amide bonds. The van der Waals surface area contributed by atoms with E-state index in [1.807, 2.05) is 4.90 Å². The van der Waals surface area contributed by atoms with Gasteiger partial charge in [0.1, 0.15) is 6.29 Å². The van der Waals surface area contributed by atoms with Crippen molar-refractivity contribution in [3.05, 3.63) is 29.3 Å². The average Bonchev–Trinajstić information content (AvgIpc) is 2.93. The molecule has 0 saturated carbocycles. The number of nitrogens with zero attached hydrogens (tertiary/aromatic N) is 2. The van der Waals surface area contributed by atoms with Crippen LogP contribution in [0.1, 0.15) is 28.8 Å². The number of hydrogen-bond acceptors (Lipinski definition) is 3. The topological polar surface area (TPSA) is 23.6 Å². The number of benzene rings is 1. The monoisotopic (exact) mass is 298 g/mol. The molecule has 0 N–H and O–H groups in total. The van der Waals surface area contributed by atoms with E-state index in [2.05, 4.69) is 4.90 Å². The highest BCUT2D eigenvalue weighted by atomic mass is 19.4. The van der Waals surface area contributed by atoms with Gasteiger partial charge in [0.15, 0.2) is 0 Å². The quantitative estimate of drug-likeness (QED) is 0.784. The molecule has 2 saturated heterocycles. The Morgan fingerprint density at radius 3 is 2.71 bits per heavy atom. The second-order valence-electron chi connectivity index (χ2n) is 5.67. The number of fused-ring (bicyclic) bond motifs is 1. The van der Waals surface area contributed by atoms with E-state index in [0.29, 0.717) is 25.4 Å². The fourth-order valence-corrected chi connectivity index (χ4v) is 3.34. The second kappa shape index (κ2) is 5.33. The number of piperazine rings is 1. The molecule has 1 aromatic rings. The van der Waals surface area contributed by atoms with Gasteiger partial charge >= 0.3 is 6.18 Å². The Labute approximate surface area is 121 Å². The standard InChI is InChI=1S/C15H17F3N2O/c16-15(17,18)13-8-11(10-21)3-4-14(13)20-7-6-19-5-1-2-12(19)9-20/h3-4,8,10,12H,1-2,5-7,9H2. The highest BCUT2D eigenvalue weighted by Gasteiger charge is 2.37. The Kier molecular flexibility index (Phi) is 3.65. The van der Waals surface area contributed by atoms with Crippen molar-refractivity contribution < 1.29 is 18.0 Å². The normalized spacial score (nSPS) is 23.2. The molecule has 2 aliphatic heterocycles. The minimum atomic E-state index is -4.44. The van der Waals surface area contributed by atoms with Gasteiger partial charge in [0, 0.05) is 36.9 Å². The van der Waals surface area contributed by atoms with Crippen LogP contribution in [-0.4, -0.2) is 43.4 Å². The zero-order valence-electron chi connectivity index (χ0n) is 11.6. The smallest absolute Gasteiger partial charge is 0.368 e. The van der Waals surface area contributed by atoms with Crippen molar-refractivity contribution in [2.24, 2.45) is 0 Å². The maximum absolute atomic E-state index is 13.2. The molecular formula is C15H17F3N2O. The van der Waals surface area contributed by atoms with E-state index in [1.165, 1.54) is 12.1 Å². The molecule has 1 aromatic carbocycles. The second-order valence-corrected chi connectivity index (χ2v) is 5.67. The number of halogens is 3. The summed E-state index contributed by atoms with van der Waals surface area (Å²) >= 11 is 0. The van der Waals surface area contributed by atoms with Gasteiger partial charge in [-0.05, 0) is 37.6 Å². The largest absolute Gasteiger partial charge is 0.418 e. The molecule has 3 nitrogen and oxygen atoms in total. The molecule has 0 spiro atoms. The third-order valence-electron chi connectivity index (χ3n) is 4.39. The summed E-state index contributed by atoms with van der Waals surface area (Å²) in [6.45, 7) is 3.08. The number of carbonyl (C=O) groups excluding carboxylic acids is 1. The number of carbonyl (C=O) groups is 1. The maximum Gasteiger partial charge on any atom is 0.418 e. The molecule has 6 heteroatoms. The maximum atomic E-state index is 13.2. The van der Waals surface area contributed by atoms with Crippen LogP contribution in [0.5, 0.6) is 0 Å². The van der Waals surface area contributed by atoms with Crippen LogP contribution in [0.15, 0.2) is 18.2 Å². The lowest BCUT2D eigenvalue weighted by atomic mass is 10.1. The Hall–Kier alpha value is -1.56. The Balaban J connectivity index is 1.92. The molecule has 1 atom stereocenters. The van der Waals surface area contributed by atoms with Crippen LogP contribution in [0.4, 0.5) is 18.9 Å². The predicted molar refractivity (Wildman–Crippen MR) is 73.6 cm³/mol. The SMILES string of the molecule is O=Cc1ccc(N2CCN3CCCC3C2)c(C(F)(F)F)c1. The van der Waals surface area contributed by atoms with Crippen LogP contribution in [-0.2, 0) is 6.18 Å². The van der Waals surface area contributed by atoms with E-state index in [1.54, 1.807) is 0 Å². The van der Waals surface area contributed by atoms with Crippen LogP contribution in [0, 0.1) is 0 Å². The minimum absolute atomic E-state index is 0.0607. The lowest BCUT2D eigenvalue weighted by Crippen LogP contribution is -2.50. The first-order chi connectivity index (χ1) is 9.99. The summed E-state index contributed by atoms with van der Waals surface area (Å²) in [4.78, 5) is 14.9. The molecule has 0 aliphatic carbocycles. The molecule has 0 bridgehead atoms. The molecule has 2 fully saturated rings. The summed E-state index contributed by atoms with van der Waals surface area (Å²) in [7, 11) is 0. The fraction of sp³-hybridized carbons (Fsp3) is 0.533. The average molecular weight is 298 g/mol. The lowest BCUT2D eigenvalue weighted by Gasteiger charge is -2.39. The van der Waals surface area contributed by atoms with Crippen molar-refractivity contribution in [1.29, 1.82) is 0 Å². The first-order valence-electron chi connectivity index (χ1n) is 7.14. The van der Waals surface area contributed by atoms with Crippen LogP contribution in [0.2, 0.25) is 0 Å². The van der Waals surface area contributed by atoms with Gasteiger partial charge in [0.25, 0.3) is 0 Å². The molecule has 1 unspecified atom stereocenters. The van der Waals surface area contributed by atoms with Gasteiger partial charge in [-0.15, -0.1) is 0 Å². The number of anilines is 1. The zero-order valence-corrected chi connectivity index (χ0v) is 11.6. The summed E-state index contributed by atoms with van der Waals surface area (Å²) in [6.07, 6.45) is -1.83. The van der Waals surface area contributed by atoms with Crippen LogP contribution in [0.25, 0.3) is 0 Å². The molecule has 2 heterocycles. The van der Waals surface area contributed by atoms with E-state index in [-0.39, 0.29) is 11.3 Å². The summed E-state index contributed by atoms with van der Waals surface area (Å²) < 4.78 is 39.7. The summed E-state index contributed by atoms with van der Waals surface area (Å²) in [5.41, 5.74) is -0.455. The van der Waals surface area contributed by atoms with Crippen LogP contribution in [0.3, 0.4) is 0 Å². The lowest BCUT2D eigenvalue weighted by molar-refractivity contribution is -0.137. The third kappa shape index (κ3) is 2.77. The molecule has 0 aromatic heterocycles. The fourth-order valence-electron chi connectivity index (χ4n) is 3.34. The van der Waals surface area contributed by atoms with E-state index >= 15 is 0 Å². The van der Waals surface area contributed by atoms with Gasteiger partial charge in [0.05, 0.1) is 5.56 Å². The van der Waals surface area contributed by atoms with Crippen molar-refractivity contribution in [2.45, 2.75) is 25.1 Å². The summed E-state index contributed by atoms with van der Waals surface area (Å²) in [5.74, 6) is 0. The van der Waals surface area contributed by atoms with Gasteiger partial charge in [-0.1, -0.05) is 0 Å². The van der Waals surface area contributed by atoms with Crippen molar-refractivity contribution >= 4 is 12.0 Å². The Morgan fingerprint density at radius 1 is 1.19 bits per heavy atom. The molecule has 3 rings (SSSR count). The minimum Gasteiger partial charge on any atom is -0.368 e. The predicted octanol–water partition coefficient (Wildman–Crippen LogP) is 2.80. The number of hydrogen-bond donors (Lipinski definition) is 0. The van der Waals surface area contributed by atoms with Gasteiger partial charge in [-0.25, -0.2) is 0 Å². The zero-order chi connectivity index (χ0) is 15.0. The molecular weight excluding hydrogens is 281 g/mol. The summed E-state index contributed by atoms with van der Waals surface area (Å²) in [5, 5.41) is 0. The number of rotatable bonds is 2. The van der Waals surface area contributed by atoms with Gasteiger partial charge in [0.2, 0.25) is 0 Å². The number of alkyl halides is 3. The van der Waals surface area contributed by atoms with Crippen molar-refractivity contribution in [2.75, 3.05) is 31.1 Å². The summed E-state index contributed by atoms with van der Waals surface area (Å²) in [6, 6.07) is 4.18. The molecule has 114 valence electrons. The first-order valence-corrected chi connectivity index (χ1v) is 7.14. The van der Waals surface area contributed by atoms with E-state index in [0.717, 1.165) is 32.0 Å². The molecule has 2 aliphatic rings. The van der Waals surface area contributed by atoms with Gasteiger partial charge in [-0.2, -0.15) is 13.2 Å². The molecule has 0 radical (unpaired) electrons. The van der Waals surface area contributed by atoms with E-state index < -0.39 is 11.7 Å². The van der Waals surface area contributed by atoms with Gasteiger partial charge < -0.3 is 4.90 Å². The van der Waals surface area contributed by atoms with E-state index in [9.17, 15) is 18.0 Å². The molecule has 21 heavy (non-hydrogen) atoms. The van der Waals surface area contributed by atoms with Crippen molar-refractivity contribution in [3.8, 4) is 0 Å². The van der Waals surface area contributed by atoms with E-state index in [4.69, 9.17) is 0 Å². The van der Waals surface area contributed by atoms with Crippen molar-refractivity contribution in [1.82, 2.24) is 4.90 Å². The van der Waals surface area contributed by atoms with Crippen LogP contribution < -0.4 is 4.90 Å². The highest BCUT2D eigenvalue weighted by Crippen LogP contribution is 2.38. The van der Waals surface area contributed by atoms with Gasteiger partial charge in [-0.3, -0.25) is 9.69 Å².